The van der Waals surface area contributed by atoms with Gasteiger partial charge in [-0.15, -0.1) is 18.3 Å². The summed E-state index contributed by atoms with van der Waals surface area (Å²) in [7, 11) is 0. The Hall–Kier alpha value is -0.640. The number of carbonyl (C=O) groups is 1. The lowest BCUT2D eigenvalue weighted by molar-refractivity contribution is 0.247. The molecular weight excluding hydrogens is 160 g/mol. The average molecular weight is 170 g/mol. The molecule has 2 fully saturated rings. The minimum Gasteiger partial charge on any atom is -0.332 e. The standard InChI is InChI=1S/C7H10N2OS/c1-2-5-6-4(3-11-5)8-7(10)9-6/h2,4-6H,1,3H2,(H2,8,9,10). The summed E-state index contributed by atoms with van der Waals surface area (Å²) in [6, 6.07) is 0.549. The molecule has 0 aromatic rings. The zero-order valence-electron chi connectivity index (χ0n) is 6.04. The second-order valence-corrected chi connectivity index (χ2v) is 3.99. The SMILES string of the molecule is C=CC1SCC2NC(=O)NC21. The molecule has 3 unspecified atom stereocenters. The van der Waals surface area contributed by atoms with E-state index < -0.39 is 0 Å². The van der Waals surface area contributed by atoms with Gasteiger partial charge in [-0.3, -0.25) is 0 Å². The number of amides is 2. The van der Waals surface area contributed by atoms with Gasteiger partial charge in [-0.2, -0.15) is 0 Å². The van der Waals surface area contributed by atoms with E-state index in [1.54, 1.807) is 0 Å². The summed E-state index contributed by atoms with van der Waals surface area (Å²) in [5.74, 6) is 1.00. The Kier molecular flexibility index (Phi) is 1.56. The molecule has 3 nitrogen and oxygen atoms in total. The van der Waals surface area contributed by atoms with E-state index in [0.29, 0.717) is 11.3 Å². The van der Waals surface area contributed by atoms with Crippen molar-refractivity contribution in [2.45, 2.75) is 17.3 Å². The van der Waals surface area contributed by atoms with E-state index in [1.165, 1.54) is 0 Å². The Labute approximate surface area is 69.6 Å². The molecule has 2 saturated heterocycles. The Morgan fingerprint density at radius 2 is 2.45 bits per heavy atom. The molecule has 2 aliphatic heterocycles. The molecule has 11 heavy (non-hydrogen) atoms. The van der Waals surface area contributed by atoms with E-state index in [0.717, 1.165) is 5.75 Å². The highest BCUT2D eigenvalue weighted by Crippen LogP contribution is 2.29. The second-order valence-electron chi connectivity index (χ2n) is 2.78. The Morgan fingerprint density at radius 3 is 3.18 bits per heavy atom. The van der Waals surface area contributed by atoms with E-state index in [2.05, 4.69) is 17.2 Å². The number of rotatable bonds is 1. The van der Waals surface area contributed by atoms with Crippen molar-refractivity contribution < 1.29 is 4.79 Å². The summed E-state index contributed by atoms with van der Waals surface area (Å²) in [5, 5.41) is 6.12. The van der Waals surface area contributed by atoms with Crippen LogP contribution in [0.4, 0.5) is 4.79 Å². The normalized spacial score (nSPS) is 41.1. The van der Waals surface area contributed by atoms with Crippen LogP contribution in [0, 0.1) is 0 Å². The van der Waals surface area contributed by atoms with Crippen molar-refractivity contribution >= 4 is 17.8 Å². The smallest absolute Gasteiger partial charge is 0.315 e. The molecule has 0 aliphatic carbocycles. The number of urea groups is 1. The summed E-state index contributed by atoms with van der Waals surface area (Å²) in [6.07, 6.45) is 1.91. The number of hydrogen-bond acceptors (Lipinski definition) is 2. The topological polar surface area (TPSA) is 41.1 Å². The van der Waals surface area contributed by atoms with Crippen molar-refractivity contribution in [3.8, 4) is 0 Å². The van der Waals surface area contributed by atoms with Gasteiger partial charge >= 0.3 is 6.03 Å². The van der Waals surface area contributed by atoms with Crippen LogP contribution in [-0.2, 0) is 0 Å². The molecular formula is C7H10N2OS. The van der Waals surface area contributed by atoms with E-state index in [-0.39, 0.29) is 12.1 Å². The highest BCUT2D eigenvalue weighted by Gasteiger charge is 2.41. The van der Waals surface area contributed by atoms with Gasteiger partial charge < -0.3 is 10.6 Å². The number of hydrogen-bond donors (Lipinski definition) is 2. The van der Waals surface area contributed by atoms with Crippen LogP contribution in [0.3, 0.4) is 0 Å². The first-order valence-electron chi connectivity index (χ1n) is 3.62. The first-order valence-corrected chi connectivity index (χ1v) is 4.67. The van der Waals surface area contributed by atoms with Crippen LogP contribution in [0.2, 0.25) is 0 Å². The van der Waals surface area contributed by atoms with Gasteiger partial charge in [0, 0.05) is 11.0 Å². The van der Waals surface area contributed by atoms with E-state index >= 15 is 0 Å². The third-order valence-electron chi connectivity index (χ3n) is 2.10. The maximum absolute atomic E-state index is 10.9. The van der Waals surface area contributed by atoms with Gasteiger partial charge in [-0.25, -0.2) is 4.79 Å². The van der Waals surface area contributed by atoms with Crippen LogP contribution >= 0.6 is 11.8 Å². The van der Waals surface area contributed by atoms with Gasteiger partial charge in [-0.05, 0) is 0 Å². The van der Waals surface area contributed by atoms with Crippen LogP contribution in [0.25, 0.3) is 0 Å². The van der Waals surface area contributed by atoms with Crippen LogP contribution in [0.15, 0.2) is 12.7 Å². The minimum absolute atomic E-state index is 0.0350. The average Bonchev–Trinajstić information content (AvgIpc) is 2.45. The van der Waals surface area contributed by atoms with Gasteiger partial charge in [0.25, 0.3) is 0 Å². The zero-order valence-corrected chi connectivity index (χ0v) is 6.86. The zero-order chi connectivity index (χ0) is 7.84. The van der Waals surface area contributed by atoms with Crippen molar-refractivity contribution in [2.75, 3.05) is 5.75 Å². The molecule has 60 valence electrons. The molecule has 0 aromatic heterocycles. The summed E-state index contributed by atoms with van der Waals surface area (Å²) < 4.78 is 0. The molecule has 0 aromatic carbocycles. The second kappa shape index (κ2) is 2.44. The molecule has 0 spiro atoms. The summed E-state index contributed by atoms with van der Waals surface area (Å²) in [4.78, 5) is 10.9. The Balaban J connectivity index is 2.12. The predicted molar refractivity (Wildman–Crippen MR) is 45.7 cm³/mol. The van der Waals surface area contributed by atoms with Gasteiger partial charge in [-0.1, -0.05) is 6.08 Å². The molecule has 2 amide bonds. The monoisotopic (exact) mass is 170 g/mol. The molecule has 3 atom stereocenters. The highest BCUT2D eigenvalue weighted by molar-refractivity contribution is 8.00. The molecule has 2 aliphatic rings. The molecule has 0 radical (unpaired) electrons. The lowest BCUT2D eigenvalue weighted by atomic mass is 10.1. The molecule has 2 rings (SSSR count). The van der Waals surface area contributed by atoms with Gasteiger partial charge in [0.2, 0.25) is 0 Å². The van der Waals surface area contributed by atoms with E-state index in [9.17, 15) is 4.79 Å². The summed E-state index contributed by atoms with van der Waals surface area (Å²) in [6.45, 7) is 3.73. The van der Waals surface area contributed by atoms with Crippen molar-refractivity contribution in [3.05, 3.63) is 12.7 Å². The lowest BCUT2D eigenvalue weighted by Crippen LogP contribution is -2.35. The highest BCUT2D eigenvalue weighted by atomic mass is 32.2. The summed E-state index contributed by atoms with van der Waals surface area (Å²) >= 11 is 1.84. The Bertz CT molecular complexity index is 207. The molecule has 0 bridgehead atoms. The third-order valence-corrected chi connectivity index (χ3v) is 3.52. The molecule has 2 heterocycles. The quantitative estimate of drug-likeness (QED) is 0.440. The fourth-order valence-electron chi connectivity index (χ4n) is 1.54. The first kappa shape index (κ1) is 7.03. The molecule has 4 heteroatoms. The molecule has 2 N–H and O–H groups in total. The van der Waals surface area contributed by atoms with Crippen molar-refractivity contribution in [1.82, 2.24) is 10.6 Å². The van der Waals surface area contributed by atoms with Crippen molar-refractivity contribution in [2.24, 2.45) is 0 Å². The van der Waals surface area contributed by atoms with Crippen LogP contribution in [0.5, 0.6) is 0 Å². The Morgan fingerprint density at radius 1 is 1.64 bits per heavy atom. The maximum atomic E-state index is 10.9. The largest absolute Gasteiger partial charge is 0.332 e. The fraction of sp³-hybridized carbons (Fsp3) is 0.571. The van der Waals surface area contributed by atoms with Crippen LogP contribution in [-0.4, -0.2) is 29.1 Å². The minimum atomic E-state index is -0.0350. The van der Waals surface area contributed by atoms with Crippen LogP contribution in [0.1, 0.15) is 0 Å². The summed E-state index contributed by atoms with van der Waals surface area (Å²) in [5.41, 5.74) is 0. The number of nitrogens with one attached hydrogen (secondary N) is 2. The van der Waals surface area contributed by atoms with Gasteiger partial charge in [0.1, 0.15) is 0 Å². The first-order chi connectivity index (χ1) is 5.31. The molecule has 0 saturated carbocycles. The van der Waals surface area contributed by atoms with Crippen molar-refractivity contribution in [3.63, 3.8) is 0 Å². The lowest BCUT2D eigenvalue weighted by Gasteiger charge is -2.11. The van der Waals surface area contributed by atoms with Crippen LogP contribution < -0.4 is 10.6 Å². The van der Waals surface area contributed by atoms with Crippen molar-refractivity contribution in [1.29, 1.82) is 0 Å². The van der Waals surface area contributed by atoms with E-state index in [4.69, 9.17) is 0 Å². The number of thioether (sulfide) groups is 1. The number of fused-ring (bicyclic) bond motifs is 1. The fourth-order valence-corrected chi connectivity index (χ4v) is 2.86. The third kappa shape index (κ3) is 1.01. The van der Waals surface area contributed by atoms with Gasteiger partial charge in [0.05, 0.1) is 12.1 Å². The maximum Gasteiger partial charge on any atom is 0.315 e. The number of carbonyl (C=O) groups excluding carboxylic acids is 1. The van der Waals surface area contributed by atoms with E-state index in [1.807, 2.05) is 17.8 Å². The van der Waals surface area contributed by atoms with Gasteiger partial charge in [0.15, 0.2) is 0 Å². The predicted octanol–water partition coefficient (Wildman–Crippen LogP) is 0.338.